The maximum absolute atomic E-state index is 10.8. The number of aliphatic carboxylic acids is 1. The molecule has 1 heterocycles. The molecule has 1 aromatic carbocycles. The summed E-state index contributed by atoms with van der Waals surface area (Å²) in [5.74, 6) is 0.776. The van der Waals surface area contributed by atoms with Gasteiger partial charge >= 0.3 is 5.97 Å². The highest BCUT2D eigenvalue weighted by atomic mass is 16.5. The van der Waals surface area contributed by atoms with Crippen molar-refractivity contribution < 1.29 is 19.4 Å². The fourth-order valence-corrected chi connectivity index (χ4v) is 2.34. The van der Waals surface area contributed by atoms with Gasteiger partial charge in [-0.25, -0.2) is 0 Å². The van der Waals surface area contributed by atoms with E-state index < -0.39 is 5.97 Å². The molecule has 0 unspecified atom stereocenters. The van der Waals surface area contributed by atoms with Gasteiger partial charge in [0.1, 0.15) is 0 Å². The zero-order chi connectivity index (χ0) is 13.9. The van der Waals surface area contributed by atoms with Crippen LogP contribution in [0.1, 0.15) is 32.3 Å². The van der Waals surface area contributed by atoms with E-state index in [1.54, 1.807) is 0 Å². The number of hydrogen-bond donors (Lipinski definition) is 1. The second-order valence-corrected chi connectivity index (χ2v) is 5.74. The average molecular weight is 264 g/mol. The van der Waals surface area contributed by atoms with Gasteiger partial charge in [0.25, 0.3) is 0 Å². The molecule has 0 bridgehead atoms. The van der Waals surface area contributed by atoms with Gasteiger partial charge in [0, 0.05) is 6.42 Å². The van der Waals surface area contributed by atoms with Crippen molar-refractivity contribution in [3.8, 4) is 11.5 Å². The van der Waals surface area contributed by atoms with E-state index in [2.05, 4.69) is 0 Å². The largest absolute Gasteiger partial charge is 0.490 e. The summed E-state index contributed by atoms with van der Waals surface area (Å²) >= 11 is 0. The first-order valence-electron chi connectivity index (χ1n) is 6.57. The van der Waals surface area contributed by atoms with Crippen molar-refractivity contribution in [2.24, 2.45) is 5.41 Å². The third-order valence-electron chi connectivity index (χ3n) is 3.12. The molecular weight excluding hydrogens is 244 g/mol. The maximum atomic E-state index is 10.8. The summed E-state index contributed by atoms with van der Waals surface area (Å²) in [4.78, 5) is 10.8. The summed E-state index contributed by atoms with van der Waals surface area (Å²) in [6.07, 6.45) is 1.74. The molecule has 2 rings (SSSR count). The number of carboxylic acids is 1. The smallest absolute Gasteiger partial charge is 0.303 e. The zero-order valence-corrected chi connectivity index (χ0v) is 11.4. The Hall–Kier alpha value is -1.71. The Morgan fingerprint density at radius 1 is 1.26 bits per heavy atom. The third-order valence-corrected chi connectivity index (χ3v) is 3.12. The first-order chi connectivity index (χ1) is 8.96. The Labute approximate surface area is 113 Å². The SMILES string of the molecule is CC(C)(CC(=O)O)Cc1ccc2c(c1)OCCCO2. The molecule has 1 aromatic rings. The topological polar surface area (TPSA) is 55.8 Å². The van der Waals surface area contributed by atoms with E-state index in [9.17, 15) is 4.79 Å². The Bertz CT molecular complexity index is 465. The first-order valence-corrected chi connectivity index (χ1v) is 6.57. The highest BCUT2D eigenvalue weighted by Gasteiger charge is 2.23. The van der Waals surface area contributed by atoms with E-state index in [4.69, 9.17) is 14.6 Å². The highest BCUT2D eigenvalue weighted by Crippen LogP contribution is 2.33. The molecule has 1 aliphatic heterocycles. The second-order valence-electron chi connectivity index (χ2n) is 5.74. The Balaban J connectivity index is 2.13. The van der Waals surface area contributed by atoms with Gasteiger partial charge in [-0.15, -0.1) is 0 Å². The van der Waals surface area contributed by atoms with Gasteiger partial charge in [0.15, 0.2) is 11.5 Å². The number of carboxylic acid groups (broad SMARTS) is 1. The van der Waals surface area contributed by atoms with Gasteiger partial charge < -0.3 is 14.6 Å². The number of ether oxygens (including phenoxy) is 2. The van der Waals surface area contributed by atoms with Crippen LogP contribution >= 0.6 is 0 Å². The standard InChI is InChI=1S/C15H20O4/c1-15(2,10-14(16)17)9-11-4-5-12-13(8-11)19-7-3-6-18-12/h4-5,8H,3,6-7,9-10H2,1-2H3,(H,16,17). The lowest BCUT2D eigenvalue weighted by molar-refractivity contribution is -0.139. The third kappa shape index (κ3) is 3.88. The minimum absolute atomic E-state index is 0.154. The summed E-state index contributed by atoms with van der Waals surface area (Å²) in [5.41, 5.74) is 0.807. The van der Waals surface area contributed by atoms with Crippen LogP contribution < -0.4 is 9.47 Å². The van der Waals surface area contributed by atoms with Crippen LogP contribution in [0.15, 0.2) is 18.2 Å². The van der Waals surface area contributed by atoms with Crippen LogP contribution in [0.3, 0.4) is 0 Å². The maximum Gasteiger partial charge on any atom is 0.303 e. The van der Waals surface area contributed by atoms with Crippen LogP contribution in [0, 0.1) is 5.41 Å². The fraction of sp³-hybridized carbons (Fsp3) is 0.533. The van der Waals surface area contributed by atoms with E-state index in [1.807, 2.05) is 32.0 Å². The van der Waals surface area contributed by atoms with Gasteiger partial charge in [-0.05, 0) is 29.5 Å². The summed E-state index contributed by atoms with van der Waals surface area (Å²) < 4.78 is 11.2. The molecule has 0 aromatic heterocycles. The molecule has 0 spiro atoms. The van der Waals surface area contributed by atoms with Crippen molar-refractivity contribution in [1.29, 1.82) is 0 Å². The Kier molecular flexibility index (Phi) is 3.98. The normalized spacial score (nSPS) is 14.8. The van der Waals surface area contributed by atoms with Crippen LogP contribution in [0.2, 0.25) is 0 Å². The van der Waals surface area contributed by atoms with E-state index >= 15 is 0 Å². The molecule has 0 saturated heterocycles. The quantitative estimate of drug-likeness (QED) is 0.908. The van der Waals surface area contributed by atoms with E-state index in [0.29, 0.717) is 19.6 Å². The molecule has 0 aliphatic carbocycles. The predicted molar refractivity (Wildman–Crippen MR) is 71.8 cm³/mol. The second kappa shape index (κ2) is 5.51. The van der Waals surface area contributed by atoms with Gasteiger partial charge in [-0.3, -0.25) is 4.79 Å². The number of carbonyl (C=O) groups is 1. The van der Waals surface area contributed by atoms with Crippen LogP contribution in [-0.2, 0) is 11.2 Å². The molecule has 0 fully saturated rings. The molecule has 0 radical (unpaired) electrons. The molecular formula is C15H20O4. The lowest BCUT2D eigenvalue weighted by atomic mass is 9.82. The molecule has 19 heavy (non-hydrogen) atoms. The molecule has 4 nitrogen and oxygen atoms in total. The fourth-order valence-electron chi connectivity index (χ4n) is 2.34. The van der Waals surface area contributed by atoms with Gasteiger partial charge in [0.05, 0.1) is 19.6 Å². The summed E-state index contributed by atoms with van der Waals surface area (Å²) in [6, 6.07) is 5.86. The van der Waals surface area contributed by atoms with Crippen molar-refractivity contribution in [1.82, 2.24) is 0 Å². The number of fused-ring (bicyclic) bond motifs is 1. The van der Waals surface area contributed by atoms with E-state index in [1.165, 1.54) is 0 Å². The van der Waals surface area contributed by atoms with Gasteiger partial charge in [-0.1, -0.05) is 19.9 Å². The van der Waals surface area contributed by atoms with Gasteiger partial charge in [0.2, 0.25) is 0 Å². The van der Waals surface area contributed by atoms with Crippen LogP contribution in [0.4, 0.5) is 0 Å². The molecule has 4 heteroatoms. The van der Waals surface area contributed by atoms with Crippen molar-refractivity contribution in [3.63, 3.8) is 0 Å². The lowest BCUT2D eigenvalue weighted by Gasteiger charge is -2.22. The predicted octanol–water partition coefficient (Wildman–Crippen LogP) is 2.89. The van der Waals surface area contributed by atoms with Crippen LogP contribution in [0.25, 0.3) is 0 Å². The number of benzene rings is 1. The molecule has 1 N–H and O–H groups in total. The summed E-state index contributed by atoms with van der Waals surface area (Å²) in [6.45, 7) is 5.26. The van der Waals surface area contributed by atoms with Crippen LogP contribution in [-0.4, -0.2) is 24.3 Å². The van der Waals surface area contributed by atoms with E-state index in [0.717, 1.165) is 23.5 Å². The molecule has 1 aliphatic rings. The first kappa shape index (κ1) is 13.7. The summed E-state index contributed by atoms with van der Waals surface area (Å²) in [7, 11) is 0. The minimum Gasteiger partial charge on any atom is -0.490 e. The van der Waals surface area contributed by atoms with Crippen molar-refractivity contribution >= 4 is 5.97 Å². The summed E-state index contributed by atoms with van der Waals surface area (Å²) in [5, 5.41) is 8.91. The minimum atomic E-state index is -0.764. The highest BCUT2D eigenvalue weighted by molar-refractivity contribution is 5.67. The van der Waals surface area contributed by atoms with E-state index in [-0.39, 0.29) is 11.8 Å². The monoisotopic (exact) mass is 264 g/mol. The molecule has 0 saturated carbocycles. The Morgan fingerprint density at radius 3 is 2.63 bits per heavy atom. The lowest BCUT2D eigenvalue weighted by Crippen LogP contribution is -2.19. The van der Waals surface area contributed by atoms with Crippen molar-refractivity contribution in [3.05, 3.63) is 23.8 Å². The average Bonchev–Trinajstić information content (AvgIpc) is 2.50. The van der Waals surface area contributed by atoms with Gasteiger partial charge in [-0.2, -0.15) is 0 Å². The number of rotatable bonds is 4. The van der Waals surface area contributed by atoms with Crippen molar-refractivity contribution in [2.45, 2.75) is 33.1 Å². The molecule has 104 valence electrons. The Morgan fingerprint density at radius 2 is 1.95 bits per heavy atom. The zero-order valence-electron chi connectivity index (χ0n) is 11.4. The molecule has 0 atom stereocenters. The number of hydrogen-bond acceptors (Lipinski definition) is 3. The van der Waals surface area contributed by atoms with Crippen LogP contribution in [0.5, 0.6) is 11.5 Å². The van der Waals surface area contributed by atoms with Crippen molar-refractivity contribution in [2.75, 3.05) is 13.2 Å². The molecule has 0 amide bonds.